The molecule has 0 aromatic rings. The fraction of sp³-hybridized carbons (Fsp3) is 0. The van der Waals surface area contributed by atoms with Gasteiger partial charge in [-0.05, 0) is 0 Å². The summed E-state index contributed by atoms with van der Waals surface area (Å²) in [6.07, 6.45) is 0. The van der Waals surface area contributed by atoms with Crippen LogP contribution in [0.5, 0.6) is 0 Å². The molecule has 0 fully saturated rings. The number of rotatable bonds is 0. The third-order valence-electron chi connectivity index (χ3n) is 0. The molecule has 0 unspecified atom stereocenters. The Balaban J connectivity index is 0. The van der Waals surface area contributed by atoms with Gasteiger partial charge in [0.1, 0.15) is 0 Å². The molecule has 0 saturated carbocycles. The second-order valence-electron chi connectivity index (χ2n) is 0. The van der Waals surface area contributed by atoms with Crippen LogP contribution in [0.1, 0.15) is 0 Å². The van der Waals surface area contributed by atoms with Crippen LogP contribution in [0.4, 0.5) is 0 Å². The Morgan fingerprint density at radius 2 is 0.400 bits per heavy atom. The fourth-order valence-electron chi connectivity index (χ4n) is 0. The molecular formula is MoNiO7W-12. The van der Waals surface area contributed by atoms with E-state index in [-0.39, 0.29) is 97.0 Å². The Morgan fingerprint density at radius 3 is 0.400 bits per heavy atom. The summed E-state index contributed by atoms with van der Waals surface area (Å²) in [5, 5.41) is 0. The van der Waals surface area contributed by atoms with E-state index >= 15 is 0 Å². The van der Waals surface area contributed by atoms with Crippen LogP contribution in [0.25, 0.3) is 0 Å². The normalized spacial score (nSPS) is 0. The summed E-state index contributed by atoms with van der Waals surface area (Å²) in [6.45, 7) is 0. The molecule has 0 aromatic heterocycles. The third kappa shape index (κ3) is 280. The average Bonchev–Trinajstić information content (AvgIpc) is 0. The van der Waals surface area contributed by atoms with E-state index in [2.05, 4.69) is 0 Å². The van der Waals surface area contributed by atoms with Crippen molar-refractivity contribution < 1.29 is 97.0 Å². The van der Waals surface area contributed by atoms with Gasteiger partial charge in [0, 0.05) is 42.1 Å². The topological polar surface area (TPSA) is 200 Å². The van der Waals surface area contributed by atoms with Gasteiger partial charge in [-0.1, -0.05) is 0 Å². The summed E-state index contributed by atoms with van der Waals surface area (Å²) in [5.41, 5.74) is 0. The third-order valence-corrected chi connectivity index (χ3v) is 0. The monoisotopic (exact) mass is 452 g/mol. The summed E-state index contributed by atoms with van der Waals surface area (Å²) in [6, 6.07) is 0. The fourth-order valence-corrected chi connectivity index (χ4v) is 0. The molecular weight excluding hydrogens is 450 g/mol. The van der Waals surface area contributed by atoms with Crippen molar-refractivity contribution >= 4 is 0 Å². The summed E-state index contributed by atoms with van der Waals surface area (Å²) >= 11 is 0. The maximum absolute atomic E-state index is 0. The SMILES string of the molecule is [Mo].[Ni+2].[O-2].[O-2].[O-2].[O-2].[O-2].[O-2].[O-2].[W]. The van der Waals surface area contributed by atoms with Crippen LogP contribution in [-0.2, 0) is 97.0 Å². The van der Waals surface area contributed by atoms with E-state index in [9.17, 15) is 0 Å². The molecule has 0 aliphatic carbocycles. The smallest absolute Gasteiger partial charge is 2.00 e. The number of hydrogen-bond donors (Lipinski definition) is 0. The van der Waals surface area contributed by atoms with Crippen molar-refractivity contribution in [1.29, 1.82) is 0 Å². The largest absolute Gasteiger partial charge is 2.00 e. The molecule has 0 bridgehead atoms. The van der Waals surface area contributed by atoms with Crippen LogP contribution in [0, 0.1) is 0 Å². The number of hydrogen-bond acceptors (Lipinski definition) is 0. The van der Waals surface area contributed by atoms with Crippen molar-refractivity contribution in [1.82, 2.24) is 0 Å². The van der Waals surface area contributed by atoms with Gasteiger partial charge in [-0.2, -0.15) is 0 Å². The molecule has 10 heteroatoms. The van der Waals surface area contributed by atoms with Crippen LogP contribution in [0.3, 0.4) is 0 Å². The maximum Gasteiger partial charge on any atom is 2.00 e. The predicted molar refractivity (Wildman–Crippen MR) is 4.81 cm³/mol. The summed E-state index contributed by atoms with van der Waals surface area (Å²) in [7, 11) is 0. The molecule has 0 aliphatic heterocycles. The zero-order valence-electron chi connectivity index (χ0n) is 3.99. The molecule has 7 nitrogen and oxygen atoms in total. The van der Waals surface area contributed by atoms with Crippen molar-refractivity contribution in [3.05, 3.63) is 0 Å². The molecule has 0 aliphatic rings. The Labute approximate surface area is 96.6 Å². The first-order valence-corrected chi connectivity index (χ1v) is 0. The minimum Gasteiger partial charge on any atom is -2.00 e. The minimum absolute atomic E-state index is 0. The first-order valence-electron chi connectivity index (χ1n) is 0. The van der Waals surface area contributed by atoms with Crippen LogP contribution in [0.2, 0.25) is 0 Å². The second-order valence-corrected chi connectivity index (χ2v) is 0. The van der Waals surface area contributed by atoms with Crippen molar-refractivity contribution in [2.75, 3.05) is 0 Å². The van der Waals surface area contributed by atoms with E-state index in [1.165, 1.54) is 0 Å². The Bertz CT molecular complexity index is 13.6. The standard InChI is InChI=1S/Mo.Ni.7O.W/q;+2;7*-2;. The van der Waals surface area contributed by atoms with Gasteiger partial charge in [0.25, 0.3) is 0 Å². The van der Waals surface area contributed by atoms with Gasteiger partial charge in [-0.15, -0.1) is 0 Å². The maximum atomic E-state index is 0. The predicted octanol–water partition coefficient (Wildman–Crippen LogP) is -0.839. The summed E-state index contributed by atoms with van der Waals surface area (Å²) in [4.78, 5) is 0. The van der Waals surface area contributed by atoms with Crippen LogP contribution in [0.15, 0.2) is 0 Å². The van der Waals surface area contributed by atoms with Crippen LogP contribution < -0.4 is 0 Å². The van der Waals surface area contributed by atoms with Crippen LogP contribution >= 0.6 is 0 Å². The Hall–Kier alpha value is 1.59. The molecule has 0 saturated heterocycles. The molecule has 76 valence electrons. The van der Waals surface area contributed by atoms with Gasteiger partial charge >= 0.3 is 16.5 Å². The van der Waals surface area contributed by atoms with Crippen LogP contribution in [-0.4, -0.2) is 0 Å². The molecule has 0 rings (SSSR count). The molecule has 0 spiro atoms. The minimum atomic E-state index is 0. The van der Waals surface area contributed by atoms with Gasteiger partial charge in [-0.25, -0.2) is 0 Å². The van der Waals surface area contributed by atoms with E-state index in [0.29, 0.717) is 0 Å². The molecule has 10 heavy (non-hydrogen) atoms. The van der Waals surface area contributed by atoms with E-state index in [4.69, 9.17) is 0 Å². The quantitative estimate of drug-likeness (QED) is 0.415. The molecule has 0 heterocycles. The van der Waals surface area contributed by atoms with Crippen molar-refractivity contribution in [2.45, 2.75) is 0 Å². The molecule has 0 atom stereocenters. The second kappa shape index (κ2) is 385. The first-order chi connectivity index (χ1) is 0. The van der Waals surface area contributed by atoms with E-state index in [1.807, 2.05) is 0 Å². The summed E-state index contributed by atoms with van der Waals surface area (Å²) < 4.78 is 0. The van der Waals surface area contributed by atoms with E-state index in [1.54, 1.807) is 0 Å². The van der Waals surface area contributed by atoms with Gasteiger partial charge in [0.2, 0.25) is 0 Å². The Morgan fingerprint density at radius 1 is 0.400 bits per heavy atom. The van der Waals surface area contributed by atoms with Gasteiger partial charge in [0.05, 0.1) is 0 Å². The van der Waals surface area contributed by atoms with Gasteiger partial charge in [0.15, 0.2) is 0 Å². The van der Waals surface area contributed by atoms with E-state index < -0.39 is 0 Å². The molecule has 0 aromatic carbocycles. The molecule has 0 amide bonds. The van der Waals surface area contributed by atoms with Gasteiger partial charge in [-0.3, -0.25) is 0 Å². The van der Waals surface area contributed by atoms with Gasteiger partial charge < -0.3 is 38.3 Å². The summed E-state index contributed by atoms with van der Waals surface area (Å²) in [5.74, 6) is 0. The molecule has 0 radical (unpaired) electrons. The van der Waals surface area contributed by atoms with E-state index in [0.717, 1.165) is 0 Å². The first kappa shape index (κ1) is 514. The van der Waals surface area contributed by atoms with Crippen molar-refractivity contribution in [2.24, 2.45) is 0 Å². The average molecular weight is 450 g/mol. The molecule has 0 N–H and O–H groups in total. The van der Waals surface area contributed by atoms with Crippen molar-refractivity contribution in [3.63, 3.8) is 0 Å². The zero-order valence-corrected chi connectivity index (χ0v) is 9.92. The Kier molecular flexibility index (Phi) is 19800. The zero-order chi connectivity index (χ0) is 0. The van der Waals surface area contributed by atoms with Crippen molar-refractivity contribution in [3.8, 4) is 0 Å².